The smallest absolute Gasteiger partial charge is 0.323 e. The lowest BCUT2D eigenvalue weighted by molar-refractivity contribution is -0.478. The van der Waals surface area contributed by atoms with Crippen molar-refractivity contribution in [2.45, 2.75) is 6.92 Å². The molecule has 0 amide bonds. The summed E-state index contributed by atoms with van der Waals surface area (Å²) in [6.45, 7) is 1.54. The second kappa shape index (κ2) is 3.91. The Morgan fingerprint density at radius 2 is 1.94 bits per heavy atom. The Labute approximate surface area is 109 Å². The fourth-order valence-corrected chi connectivity index (χ4v) is 2.04. The van der Waals surface area contributed by atoms with Crippen LogP contribution in [0.5, 0.6) is 0 Å². The molecule has 2 rings (SSSR count). The molecule has 2 aromatic rings. The largest absolute Gasteiger partial charge is 0.805 e. The summed E-state index contributed by atoms with van der Waals surface area (Å²) in [6.07, 6.45) is 0. The summed E-state index contributed by atoms with van der Waals surface area (Å²) >= 11 is 14.6. The fraction of sp³-hybridized carbons (Fsp3) is 0.111. The van der Waals surface area contributed by atoms with Crippen molar-refractivity contribution < 1.29 is 4.43 Å². The first-order chi connectivity index (χ1) is 7.43. The minimum atomic E-state index is 0.161. The van der Waals surface area contributed by atoms with Crippen LogP contribution in [-0.2, 0) is 0 Å². The van der Waals surface area contributed by atoms with E-state index in [4.69, 9.17) is 23.2 Å². The van der Waals surface area contributed by atoms with Gasteiger partial charge in [0.25, 0.3) is 5.52 Å². The Balaban J connectivity index is 3.09. The van der Waals surface area contributed by atoms with Gasteiger partial charge in [-0.05, 0) is 13.0 Å². The van der Waals surface area contributed by atoms with Crippen LogP contribution in [0.15, 0.2) is 16.7 Å². The first-order valence-electron chi connectivity index (χ1n) is 4.23. The van der Waals surface area contributed by atoms with Crippen molar-refractivity contribution in [3.63, 3.8) is 0 Å². The van der Waals surface area contributed by atoms with Crippen LogP contribution in [0.25, 0.3) is 11.0 Å². The van der Waals surface area contributed by atoms with Gasteiger partial charge in [-0.15, -0.1) is 0 Å². The van der Waals surface area contributed by atoms with Crippen molar-refractivity contribution in [2.24, 2.45) is 0 Å². The van der Waals surface area contributed by atoms with Gasteiger partial charge in [-0.3, -0.25) is 0 Å². The Morgan fingerprint density at radius 1 is 1.38 bits per heavy atom. The van der Waals surface area contributed by atoms with Crippen LogP contribution in [-0.4, -0.2) is 4.73 Å². The van der Waals surface area contributed by atoms with Crippen LogP contribution in [0.1, 0.15) is 5.69 Å². The van der Waals surface area contributed by atoms with E-state index in [1.54, 1.807) is 0 Å². The summed E-state index contributed by atoms with van der Waals surface area (Å²) in [5.41, 5.74) is 0.618. The number of benzene rings is 1. The van der Waals surface area contributed by atoms with Crippen molar-refractivity contribution in [1.82, 2.24) is 4.73 Å². The first-order valence-corrected chi connectivity index (χ1v) is 5.78. The van der Waals surface area contributed by atoms with E-state index in [0.717, 1.165) is 0 Å². The first kappa shape index (κ1) is 11.7. The number of halogens is 3. The van der Waals surface area contributed by atoms with E-state index in [1.165, 1.54) is 19.1 Å². The highest BCUT2D eigenvalue weighted by Gasteiger charge is 2.18. The van der Waals surface area contributed by atoms with Gasteiger partial charge in [-0.2, -0.15) is 0 Å². The summed E-state index contributed by atoms with van der Waals surface area (Å²) in [6, 6.07) is 2.74. The standard InChI is InChI=1S/C9H5BrCl2N2O2/c1-4-9(10)14(16)8-3-6(12)5(11)2-7(8)13(4)15/h2-3H,1H3. The molecule has 16 heavy (non-hydrogen) atoms. The van der Waals surface area contributed by atoms with Gasteiger partial charge in [0.1, 0.15) is 5.52 Å². The second-order valence-corrected chi connectivity index (χ2v) is 4.79. The Kier molecular flexibility index (Phi) is 2.86. The zero-order valence-corrected chi connectivity index (χ0v) is 11.1. The van der Waals surface area contributed by atoms with E-state index in [0.29, 0.717) is 9.16 Å². The number of hydrogen-bond acceptors (Lipinski definition) is 2. The summed E-state index contributed by atoms with van der Waals surface area (Å²) in [5.74, 6) is 0. The molecule has 0 unspecified atom stereocenters. The fourth-order valence-electron chi connectivity index (χ4n) is 1.37. The van der Waals surface area contributed by atoms with E-state index in [-0.39, 0.29) is 31.4 Å². The topological polar surface area (TPSA) is 51.0 Å². The monoisotopic (exact) mass is 322 g/mol. The lowest BCUT2D eigenvalue weighted by Gasteiger charge is -2.15. The zero-order valence-electron chi connectivity index (χ0n) is 8.00. The van der Waals surface area contributed by atoms with E-state index in [2.05, 4.69) is 15.9 Å². The van der Waals surface area contributed by atoms with E-state index < -0.39 is 0 Å². The van der Waals surface area contributed by atoms with Crippen molar-refractivity contribution in [3.05, 3.63) is 42.6 Å². The molecular weight excluding hydrogens is 319 g/mol. The number of nitrogens with zero attached hydrogens (tertiary/aromatic N) is 2. The molecule has 0 aliphatic heterocycles. The predicted molar refractivity (Wildman–Crippen MR) is 66.5 cm³/mol. The summed E-state index contributed by atoms with van der Waals surface area (Å²) in [7, 11) is 0. The van der Waals surface area contributed by atoms with Crippen LogP contribution in [0, 0.1) is 17.0 Å². The van der Waals surface area contributed by atoms with Crippen molar-refractivity contribution in [1.29, 1.82) is 0 Å². The molecule has 0 aliphatic carbocycles. The molecule has 0 spiro atoms. The third-order valence-electron chi connectivity index (χ3n) is 2.24. The van der Waals surface area contributed by atoms with Gasteiger partial charge in [0, 0.05) is 26.9 Å². The van der Waals surface area contributed by atoms with Gasteiger partial charge >= 0.3 is 4.60 Å². The molecule has 0 bridgehead atoms. The second-order valence-electron chi connectivity index (χ2n) is 3.22. The SMILES string of the molecule is Cc1c(Br)[n+](=O)c2cc(Cl)c(Cl)cc2n1[O-]. The molecule has 0 saturated heterocycles. The third-order valence-corrected chi connectivity index (χ3v) is 3.85. The molecular formula is C9H5BrCl2N2O2. The van der Waals surface area contributed by atoms with Gasteiger partial charge in [-0.25, -0.2) is 0 Å². The molecule has 1 aromatic carbocycles. The lowest BCUT2D eigenvalue weighted by atomic mass is 10.3. The van der Waals surface area contributed by atoms with Gasteiger partial charge in [0.2, 0.25) is 0 Å². The third kappa shape index (κ3) is 1.59. The molecule has 7 heteroatoms. The minimum Gasteiger partial charge on any atom is -0.805 e. The van der Waals surface area contributed by atoms with Crippen molar-refractivity contribution >= 4 is 50.2 Å². The van der Waals surface area contributed by atoms with Crippen LogP contribution in [0.2, 0.25) is 10.0 Å². The molecule has 4 nitrogen and oxygen atoms in total. The summed E-state index contributed by atoms with van der Waals surface area (Å²) in [4.78, 5) is 11.8. The average molecular weight is 324 g/mol. The summed E-state index contributed by atoms with van der Waals surface area (Å²) in [5, 5.41) is 12.3. The Bertz CT molecular complexity index is 654. The average Bonchev–Trinajstić information content (AvgIpc) is 2.26. The quantitative estimate of drug-likeness (QED) is 0.699. The van der Waals surface area contributed by atoms with Gasteiger partial charge in [-0.1, -0.05) is 23.2 Å². The maximum atomic E-state index is 11.8. The van der Waals surface area contributed by atoms with E-state index in [9.17, 15) is 10.1 Å². The molecule has 0 fully saturated rings. The highest BCUT2D eigenvalue weighted by molar-refractivity contribution is 9.10. The van der Waals surface area contributed by atoms with Crippen molar-refractivity contribution in [3.8, 4) is 0 Å². The van der Waals surface area contributed by atoms with Gasteiger partial charge in [0.05, 0.1) is 20.2 Å². The van der Waals surface area contributed by atoms with E-state index in [1.807, 2.05) is 0 Å². The highest BCUT2D eigenvalue weighted by atomic mass is 79.9. The molecule has 0 radical (unpaired) electrons. The molecule has 0 atom stereocenters. The molecule has 0 saturated carbocycles. The molecule has 1 aromatic heterocycles. The van der Waals surface area contributed by atoms with Crippen LogP contribution in [0.4, 0.5) is 0 Å². The number of hydrogen-bond donors (Lipinski definition) is 0. The molecule has 1 heterocycles. The molecule has 0 aliphatic rings. The Morgan fingerprint density at radius 3 is 2.56 bits per heavy atom. The zero-order chi connectivity index (χ0) is 12.0. The Hall–Kier alpha value is -0.780. The van der Waals surface area contributed by atoms with E-state index >= 15 is 0 Å². The number of aromatic nitrogens is 2. The van der Waals surface area contributed by atoms with Crippen molar-refractivity contribution in [2.75, 3.05) is 0 Å². The van der Waals surface area contributed by atoms with Gasteiger partial charge in [0.15, 0.2) is 0 Å². The maximum absolute atomic E-state index is 11.8. The predicted octanol–water partition coefficient (Wildman–Crippen LogP) is 3.28. The molecule has 84 valence electrons. The normalized spacial score (nSPS) is 11.0. The number of fused-ring (bicyclic) bond motifs is 1. The lowest BCUT2D eigenvalue weighted by Crippen LogP contribution is -2.22. The van der Waals surface area contributed by atoms with Gasteiger partial charge < -0.3 is 9.94 Å². The number of rotatable bonds is 0. The minimum absolute atomic E-state index is 0.161. The summed E-state index contributed by atoms with van der Waals surface area (Å²) < 4.78 is 1.39. The maximum Gasteiger partial charge on any atom is 0.323 e. The van der Waals surface area contributed by atoms with Crippen LogP contribution < -0.4 is 4.43 Å². The highest BCUT2D eigenvalue weighted by Crippen LogP contribution is 2.27. The van der Waals surface area contributed by atoms with Crippen LogP contribution in [0.3, 0.4) is 0 Å². The van der Waals surface area contributed by atoms with Crippen LogP contribution >= 0.6 is 39.1 Å². The molecule has 0 N–H and O–H groups in total.